The average Bonchev–Trinajstić information content (AvgIpc) is 2.55. The lowest BCUT2D eigenvalue weighted by Crippen LogP contribution is -2.20. The number of halogens is 1. The van der Waals surface area contributed by atoms with Gasteiger partial charge >= 0.3 is 0 Å². The Balaban J connectivity index is 1.96. The highest BCUT2D eigenvalue weighted by molar-refractivity contribution is 7.92. The van der Waals surface area contributed by atoms with E-state index < -0.39 is 20.9 Å². The molecule has 138 valence electrons. The maximum absolute atomic E-state index is 11.9. The average molecular weight is 400 g/mol. The van der Waals surface area contributed by atoms with Crippen LogP contribution in [0.5, 0.6) is 5.75 Å². The molecule has 11 heteroatoms. The molecule has 0 radical (unpaired) electrons. The molecule has 0 spiro atoms. The number of amides is 1. The molecule has 0 aliphatic heterocycles. The first-order valence-corrected chi connectivity index (χ1v) is 9.35. The van der Waals surface area contributed by atoms with Crippen molar-refractivity contribution in [3.63, 3.8) is 0 Å². The fourth-order valence-corrected chi connectivity index (χ4v) is 2.77. The van der Waals surface area contributed by atoms with Gasteiger partial charge in [0.15, 0.2) is 6.61 Å². The van der Waals surface area contributed by atoms with E-state index in [4.69, 9.17) is 16.3 Å². The number of anilines is 2. The highest BCUT2D eigenvalue weighted by Crippen LogP contribution is 2.26. The minimum absolute atomic E-state index is 0.104. The predicted octanol–water partition coefficient (Wildman–Crippen LogP) is 2.64. The van der Waals surface area contributed by atoms with Gasteiger partial charge in [0, 0.05) is 11.8 Å². The first-order valence-electron chi connectivity index (χ1n) is 7.08. The van der Waals surface area contributed by atoms with Gasteiger partial charge in [0.25, 0.3) is 11.6 Å². The lowest BCUT2D eigenvalue weighted by atomic mass is 10.3. The molecule has 2 N–H and O–H groups in total. The maximum atomic E-state index is 11.9. The van der Waals surface area contributed by atoms with Crippen LogP contribution in [0.1, 0.15) is 0 Å². The van der Waals surface area contributed by atoms with E-state index >= 15 is 0 Å². The van der Waals surface area contributed by atoms with Crippen molar-refractivity contribution in [3.8, 4) is 5.75 Å². The van der Waals surface area contributed by atoms with E-state index in [1.165, 1.54) is 42.5 Å². The Bertz CT molecular complexity index is 948. The molecule has 0 bridgehead atoms. The zero-order valence-corrected chi connectivity index (χ0v) is 15.0. The summed E-state index contributed by atoms with van der Waals surface area (Å²) < 4.78 is 29.9. The van der Waals surface area contributed by atoms with Crippen LogP contribution in [0.3, 0.4) is 0 Å². The number of hydrogen-bond acceptors (Lipinski definition) is 6. The van der Waals surface area contributed by atoms with Crippen LogP contribution in [0.2, 0.25) is 5.02 Å². The summed E-state index contributed by atoms with van der Waals surface area (Å²) in [5.74, 6) is -0.337. The molecule has 2 aromatic rings. The van der Waals surface area contributed by atoms with Gasteiger partial charge in [0.1, 0.15) is 5.75 Å². The molecule has 2 rings (SSSR count). The summed E-state index contributed by atoms with van der Waals surface area (Å²) >= 11 is 5.97. The molecule has 9 nitrogen and oxygen atoms in total. The minimum atomic E-state index is -3.47. The maximum Gasteiger partial charge on any atom is 0.273 e. The summed E-state index contributed by atoms with van der Waals surface area (Å²) in [7, 11) is -3.47. The SMILES string of the molecule is CS(=O)(=O)Nc1ccc(NC(=O)COc2cccc([N+](=O)[O-])c2)cc1Cl. The van der Waals surface area contributed by atoms with Gasteiger partial charge in [-0.1, -0.05) is 17.7 Å². The number of benzene rings is 2. The van der Waals surface area contributed by atoms with Crippen molar-refractivity contribution in [3.05, 3.63) is 57.6 Å². The van der Waals surface area contributed by atoms with Crippen LogP contribution in [-0.4, -0.2) is 32.1 Å². The second kappa shape index (κ2) is 8.02. The molecule has 0 aliphatic rings. The lowest BCUT2D eigenvalue weighted by Gasteiger charge is -2.10. The van der Waals surface area contributed by atoms with Gasteiger partial charge in [0.05, 0.1) is 28.0 Å². The van der Waals surface area contributed by atoms with Gasteiger partial charge in [-0.15, -0.1) is 0 Å². The van der Waals surface area contributed by atoms with Crippen molar-refractivity contribution in [2.75, 3.05) is 22.9 Å². The molecule has 0 aliphatic carbocycles. The first-order chi connectivity index (χ1) is 12.1. The van der Waals surface area contributed by atoms with E-state index in [9.17, 15) is 23.3 Å². The van der Waals surface area contributed by atoms with Crippen molar-refractivity contribution in [1.82, 2.24) is 0 Å². The second-order valence-electron chi connectivity index (χ2n) is 5.16. The van der Waals surface area contributed by atoms with Crippen LogP contribution in [0.15, 0.2) is 42.5 Å². The fraction of sp³-hybridized carbons (Fsp3) is 0.133. The number of nitro benzene ring substituents is 1. The summed E-state index contributed by atoms with van der Waals surface area (Å²) in [5.41, 5.74) is 0.366. The van der Waals surface area contributed by atoms with E-state index in [0.717, 1.165) is 6.26 Å². The molecule has 0 saturated carbocycles. The standard InChI is InChI=1S/C15H14ClN3O6S/c1-26(23,24)18-14-6-5-10(7-13(14)16)17-15(20)9-25-12-4-2-3-11(8-12)19(21)22/h2-8,18H,9H2,1H3,(H,17,20). The zero-order valence-electron chi connectivity index (χ0n) is 13.4. The predicted molar refractivity (Wildman–Crippen MR) is 97.1 cm³/mol. The second-order valence-corrected chi connectivity index (χ2v) is 7.32. The number of nitrogens with one attached hydrogen (secondary N) is 2. The quantitative estimate of drug-likeness (QED) is 0.544. The first kappa shape index (κ1) is 19.5. The number of carbonyl (C=O) groups excluding carboxylic acids is 1. The molecule has 26 heavy (non-hydrogen) atoms. The van der Waals surface area contributed by atoms with Gasteiger partial charge in [0.2, 0.25) is 10.0 Å². The number of nitrogens with zero attached hydrogens (tertiary/aromatic N) is 1. The highest BCUT2D eigenvalue weighted by atomic mass is 35.5. The molecule has 0 unspecified atom stereocenters. The monoisotopic (exact) mass is 399 g/mol. The molecule has 2 aromatic carbocycles. The van der Waals surface area contributed by atoms with Crippen LogP contribution in [0.4, 0.5) is 17.1 Å². The Labute approximate surface area is 154 Å². The van der Waals surface area contributed by atoms with Crippen LogP contribution < -0.4 is 14.8 Å². The molecule has 0 aromatic heterocycles. The highest BCUT2D eigenvalue weighted by Gasteiger charge is 2.10. The Kier molecular flexibility index (Phi) is 6.01. The lowest BCUT2D eigenvalue weighted by molar-refractivity contribution is -0.384. The van der Waals surface area contributed by atoms with Gasteiger partial charge in [-0.3, -0.25) is 19.6 Å². The third-order valence-electron chi connectivity index (χ3n) is 2.95. The number of hydrogen-bond donors (Lipinski definition) is 2. The zero-order chi connectivity index (χ0) is 19.3. The van der Waals surface area contributed by atoms with Crippen LogP contribution in [-0.2, 0) is 14.8 Å². The fourth-order valence-electron chi connectivity index (χ4n) is 1.91. The van der Waals surface area contributed by atoms with E-state index in [1.807, 2.05) is 0 Å². The molecule has 0 fully saturated rings. The van der Waals surface area contributed by atoms with E-state index in [-0.39, 0.29) is 28.8 Å². The minimum Gasteiger partial charge on any atom is -0.484 e. The van der Waals surface area contributed by atoms with Gasteiger partial charge in [-0.25, -0.2) is 8.42 Å². The Morgan fingerprint density at radius 1 is 1.27 bits per heavy atom. The van der Waals surface area contributed by atoms with E-state index in [0.29, 0.717) is 5.69 Å². The molecule has 0 atom stereocenters. The Morgan fingerprint density at radius 2 is 2.00 bits per heavy atom. The molecule has 0 saturated heterocycles. The van der Waals surface area contributed by atoms with Crippen LogP contribution >= 0.6 is 11.6 Å². The van der Waals surface area contributed by atoms with Gasteiger partial charge in [-0.2, -0.15) is 0 Å². The van der Waals surface area contributed by atoms with Crippen molar-refractivity contribution in [1.29, 1.82) is 0 Å². The molecular formula is C15H14ClN3O6S. The van der Waals surface area contributed by atoms with Gasteiger partial charge < -0.3 is 10.1 Å². The summed E-state index contributed by atoms with van der Waals surface area (Å²) in [6.45, 7) is -0.373. The van der Waals surface area contributed by atoms with Crippen molar-refractivity contribution < 1.29 is 22.9 Å². The van der Waals surface area contributed by atoms with Crippen molar-refractivity contribution in [2.45, 2.75) is 0 Å². The summed E-state index contributed by atoms with van der Waals surface area (Å²) in [6, 6.07) is 9.68. The number of ether oxygens (including phenoxy) is 1. The van der Waals surface area contributed by atoms with Crippen molar-refractivity contribution >= 4 is 44.6 Å². The summed E-state index contributed by atoms with van der Waals surface area (Å²) in [5, 5.41) is 13.3. The van der Waals surface area contributed by atoms with E-state index in [1.54, 1.807) is 0 Å². The van der Waals surface area contributed by atoms with Crippen LogP contribution in [0, 0.1) is 10.1 Å². The van der Waals surface area contributed by atoms with Gasteiger partial charge in [-0.05, 0) is 24.3 Å². The molecule has 0 heterocycles. The number of rotatable bonds is 7. The van der Waals surface area contributed by atoms with E-state index in [2.05, 4.69) is 10.0 Å². The summed E-state index contributed by atoms with van der Waals surface area (Å²) in [4.78, 5) is 22.0. The normalized spacial score (nSPS) is 10.8. The topological polar surface area (TPSA) is 128 Å². The number of nitro groups is 1. The molecular weight excluding hydrogens is 386 g/mol. The smallest absolute Gasteiger partial charge is 0.273 e. The number of non-ortho nitro benzene ring substituents is 1. The van der Waals surface area contributed by atoms with Crippen molar-refractivity contribution in [2.24, 2.45) is 0 Å². The summed E-state index contributed by atoms with van der Waals surface area (Å²) in [6.07, 6.45) is 0.990. The third kappa shape index (κ3) is 5.90. The van der Waals surface area contributed by atoms with Crippen LogP contribution in [0.25, 0.3) is 0 Å². The molecule has 1 amide bonds. The largest absolute Gasteiger partial charge is 0.484 e. The Morgan fingerprint density at radius 3 is 2.62 bits per heavy atom. The number of sulfonamides is 1. The third-order valence-corrected chi connectivity index (χ3v) is 3.85. The number of carbonyl (C=O) groups is 1. The Hall–Kier alpha value is -2.85.